The number of carbonyl (C=O) groups is 3. The van der Waals surface area contributed by atoms with Crippen LogP contribution in [0.5, 0.6) is 0 Å². The number of anilines is 2. The maximum atomic E-state index is 13.3. The van der Waals surface area contributed by atoms with Crippen LogP contribution in [-0.4, -0.2) is 24.9 Å². The molecule has 3 aromatic rings. The molecule has 0 saturated carbocycles. The molecule has 0 fully saturated rings. The molecule has 0 spiro atoms. The largest absolute Gasteiger partial charge is 0.465 e. The highest BCUT2D eigenvalue weighted by Crippen LogP contribution is 2.15. The molecule has 29 heavy (non-hydrogen) atoms. The molecule has 2 amide bonds. The first-order valence-electron chi connectivity index (χ1n) is 8.63. The van der Waals surface area contributed by atoms with Gasteiger partial charge in [-0.2, -0.15) is 0 Å². The Kier molecular flexibility index (Phi) is 5.99. The Labute approximate surface area is 166 Å². The fourth-order valence-corrected chi connectivity index (χ4v) is 2.58. The summed E-state index contributed by atoms with van der Waals surface area (Å²) in [6, 6.07) is 17.9. The Morgan fingerprint density at radius 1 is 0.724 bits per heavy atom. The summed E-state index contributed by atoms with van der Waals surface area (Å²) in [7, 11) is 1.29. The van der Waals surface area contributed by atoms with Crippen molar-refractivity contribution >= 4 is 29.2 Å². The minimum absolute atomic E-state index is 0.253. The van der Waals surface area contributed by atoms with E-state index in [0.717, 1.165) is 0 Å². The highest BCUT2D eigenvalue weighted by atomic mass is 19.1. The molecule has 0 atom stereocenters. The minimum atomic E-state index is -0.472. The lowest BCUT2D eigenvalue weighted by Crippen LogP contribution is -2.15. The number of methoxy groups -OCH3 is 1. The lowest BCUT2D eigenvalue weighted by atomic mass is 10.1. The quantitative estimate of drug-likeness (QED) is 0.640. The molecule has 0 aliphatic heterocycles. The maximum Gasteiger partial charge on any atom is 0.337 e. The fourth-order valence-electron chi connectivity index (χ4n) is 2.58. The molecule has 0 saturated heterocycles. The van der Waals surface area contributed by atoms with Gasteiger partial charge in [-0.25, -0.2) is 9.18 Å². The molecule has 3 aromatic carbocycles. The van der Waals surface area contributed by atoms with Gasteiger partial charge in [0, 0.05) is 22.5 Å². The van der Waals surface area contributed by atoms with Gasteiger partial charge in [-0.3, -0.25) is 9.59 Å². The van der Waals surface area contributed by atoms with Gasteiger partial charge >= 0.3 is 5.97 Å². The average Bonchev–Trinajstić information content (AvgIpc) is 2.74. The predicted octanol–water partition coefficient (Wildman–Crippen LogP) is 4.12. The second-order valence-corrected chi connectivity index (χ2v) is 6.07. The van der Waals surface area contributed by atoms with Gasteiger partial charge in [-0.1, -0.05) is 12.1 Å². The number of benzene rings is 3. The van der Waals surface area contributed by atoms with Crippen molar-refractivity contribution in [2.24, 2.45) is 0 Å². The van der Waals surface area contributed by atoms with Crippen molar-refractivity contribution in [1.82, 2.24) is 0 Å². The molecular formula is C22H17FN2O4. The predicted molar refractivity (Wildman–Crippen MR) is 107 cm³/mol. The van der Waals surface area contributed by atoms with E-state index in [9.17, 15) is 18.8 Å². The monoisotopic (exact) mass is 392 g/mol. The van der Waals surface area contributed by atoms with Gasteiger partial charge in [0.2, 0.25) is 0 Å². The average molecular weight is 392 g/mol. The summed E-state index contributed by atoms with van der Waals surface area (Å²) in [6.07, 6.45) is 0. The Bertz CT molecular complexity index is 1060. The Morgan fingerprint density at radius 2 is 1.31 bits per heavy atom. The van der Waals surface area contributed by atoms with E-state index in [-0.39, 0.29) is 11.1 Å². The number of esters is 1. The first-order chi connectivity index (χ1) is 14.0. The summed E-state index contributed by atoms with van der Waals surface area (Å²) in [5, 5.41) is 5.28. The zero-order valence-electron chi connectivity index (χ0n) is 15.4. The van der Waals surface area contributed by atoms with Gasteiger partial charge in [-0.05, 0) is 60.7 Å². The molecule has 0 aromatic heterocycles. The summed E-state index contributed by atoms with van der Waals surface area (Å²) in [5.74, 6) is -1.82. The van der Waals surface area contributed by atoms with Crippen molar-refractivity contribution in [1.29, 1.82) is 0 Å². The number of nitrogens with one attached hydrogen (secondary N) is 2. The van der Waals surface area contributed by atoms with Crippen LogP contribution in [-0.2, 0) is 4.74 Å². The Morgan fingerprint density at radius 3 is 1.90 bits per heavy atom. The fraction of sp³-hybridized carbons (Fsp3) is 0.0455. The van der Waals surface area contributed by atoms with Gasteiger partial charge in [0.25, 0.3) is 11.8 Å². The van der Waals surface area contributed by atoms with Crippen molar-refractivity contribution in [2.75, 3.05) is 17.7 Å². The van der Waals surface area contributed by atoms with Crippen LogP contribution in [0.15, 0.2) is 72.8 Å². The van der Waals surface area contributed by atoms with Crippen LogP contribution >= 0.6 is 0 Å². The molecule has 146 valence electrons. The normalized spacial score (nSPS) is 10.1. The van der Waals surface area contributed by atoms with Crippen molar-refractivity contribution < 1.29 is 23.5 Å². The van der Waals surface area contributed by atoms with Crippen LogP contribution in [0, 0.1) is 5.82 Å². The summed E-state index contributed by atoms with van der Waals surface area (Å²) in [4.78, 5) is 36.3. The Balaban J connectivity index is 1.70. The molecule has 6 nitrogen and oxygen atoms in total. The number of halogens is 1. The van der Waals surface area contributed by atoms with E-state index in [2.05, 4.69) is 15.4 Å². The van der Waals surface area contributed by atoms with E-state index in [1.54, 1.807) is 36.4 Å². The smallest absolute Gasteiger partial charge is 0.337 e. The second-order valence-electron chi connectivity index (χ2n) is 6.07. The molecule has 0 bridgehead atoms. The van der Waals surface area contributed by atoms with Gasteiger partial charge in [0.15, 0.2) is 0 Å². The summed E-state index contributed by atoms with van der Waals surface area (Å²) in [5.41, 5.74) is 1.69. The number of carbonyl (C=O) groups excluding carboxylic acids is 3. The number of hydrogen-bond donors (Lipinski definition) is 2. The van der Waals surface area contributed by atoms with E-state index in [1.807, 2.05) is 0 Å². The lowest BCUT2D eigenvalue weighted by Gasteiger charge is -2.09. The van der Waals surface area contributed by atoms with E-state index >= 15 is 0 Å². The van der Waals surface area contributed by atoms with Gasteiger partial charge in [0.1, 0.15) is 5.82 Å². The molecule has 0 radical (unpaired) electrons. The van der Waals surface area contributed by atoms with E-state index in [4.69, 9.17) is 0 Å². The van der Waals surface area contributed by atoms with Crippen LogP contribution < -0.4 is 10.6 Å². The van der Waals surface area contributed by atoms with E-state index in [1.165, 1.54) is 43.5 Å². The first-order valence-corrected chi connectivity index (χ1v) is 8.63. The molecule has 3 rings (SSSR count). The second kappa shape index (κ2) is 8.79. The maximum absolute atomic E-state index is 13.3. The lowest BCUT2D eigenvalue weighted by molar-refractivity contribution is 0.0600. The third kappa shape index (κ3) is 5.04. The number of rotatable bonds is 5. The number of ether oxygens (including phenoxy) is 1. The van der Waals surface area contributed by atoms with E-state index < -0.39 is 23.6 Å². The first kappa shape index (κ1) is 19.8. The molecule has 7 heteroatoms. The van der Waals surface area contributed by atoms with Crippen LogP contribution in [0.2, 0.25) is 0 Å². The third-order valence-electron chi connectivity index (χ3n) is 4.03. The van der Waals surface area contributed by atoms with Gasteiger partial charge < -0.3 is 15.4 Å². The number of hydrogen-bond acceptors (Lipinski definition) is 4. The van der Waals surface area contributed by atoms with Gasteiger partial charge in [-0.15, -0.1) is 0 Å². The SMILES string of the molecule is COC(=O)c1ccc(NC(=O)c2cccc(C(=O)Nc3cccc(F)c3)c2)cc1. The summed E-state index contributed by atoms with van der Waals surface area (Å²) < 4.78 is 17.9. The zero-order valence-corrected chi connectivity index (χ0v) is 15.4. The standard InChI is InChI=1S/C22H17FN2O4/c1-29-22(28)14-8-10-18(11-9-14)24-20(26)15-4-2-5-16(12-15)21(27)25-19-7-3-6-17(23)13-19/h2-13H,1H3,(H,24,26)(H,25,27). The minimum Gasteiger partial charge on any atom is -0.465 e. The molecule has 0 unspecified atom stereocenters. The molecular weight excluding hydrogens is 375 g/mol. The topological polar surface area (TPSA) is 84.5 Å². The van der Waals surface area contributed by atoms with Crippen molar-refractivity contribution in [2.45, 2.75) is 0 Å². The summed E-state index contributed by atoms with van der Waals surface area (Å²) in [6.45, 7) is 0. The van der Waals surface area contributed by atoms with Crippen molar-refractivity contribution in [3.63, 3.8) is 0 Å². The third-order valence-corrected chi connectivity index (χ3v) is 4.03. The highest BCUT2D eigenvalue weighted by molar-refractivity contribution is 6.08. The van der Waals surface area contributed by atoms with Crippen LogP contribution in [0.4, 0.5) is 15.8 Å². The van der Waals surface area contributed by atoms with Crippen molar-refractivity contribution in [3.05, 3.63) is 95.3 Å². The van der Waals surface area contributed by atoms with Crippen LogP contribution in [0.3, 0.4) is 0 Å². The van der Waals surface area contributed by atoms with Crippen LogP contribution in [0.25, 0.3) is 0 Å². The molecule has 0 heterocycles. The number of amides is 2. The molecule has 0 aliphatic rings. The van der Waals surface area contributed by atoms with Crippen molar-refractivity contribution in [3.8, 4) is 0 Å². The zero-order chi connectivity index (χ0) is 20.8. The molecule has 2 N–H and O–H groups in total. The molecule has 0 aliphatic carbocycles. The van der Waals surface area contributed by atoms with E-state index in [0.29, 0.717) is 16.9 Å². The van der Waals surface area contributed by atoms with Crippen LogP contribution in [0.1, 0.15) is 31.1 Å². The Hall–Kier alpha value is -4.00. The summed E-state index contributed by atoms with van der Waals surface area (Å²) >= 11 is 0. The van der Waals surface area contributed by atoms with Gasteiger partial charge in [0.05, 0.1) is 12.7 Å². The highest BCUT2D eigenvalue weighted by Gasteiger charge is 2.12.